The molecule has 35 heavy (non-hydrogen) atoms. The van der Waals surface area contributed by atoms with Gasteiger partial charge in [-0.05, 0) is 20.8 Å². The number of hydrogen-bond donors (Lipinski definition) is 2. The van der Waals surface area contributed by atoms with E-state index in [0.717, 1.165) is 0 Å². The summed E-state index contributed by atoms with van der Waals surface area (Å²) in [6.45, 7) is 7.63. The fourth-order valence-corrected chi connectivity index (χ4v) is 4.12. The van der Waals surface area contributed by atoms with Crippen molar-refractivity contribution in [2.45, 2.75) is 32.9 Å². The van der Waals surface area contributed by atoms with Crippen molar-refractivity contribution >= 4 is 17.1 Å². The van der Waals surface area contributed by atoms with Crippen molar-refractivity contribution < 1.29 is 28.9 Å². The van der Waals surface area contributed by atoms with Crippen LogP contribution in [0.1, 0.15) is 26.3 Å². The average molecular weight is 483 g/mol. The second-order valence-corrected chi connectivity index (χ2v) is 9.50. The van der Waals surface area contributed by atoms with E-state index in [2.05, 4.69) is 0 Å². The molecular weight excluding hydrogens is 452 g/mol. The van der Waals surface area contributed by atoms with Gasteiger partial charge >= 0.3 is 6.09 Å². The summed E-state index contributed by atoms with van der Waals surface area (Å²) in [5.74, 6) is -0.616. The van der Waals surface area contributed by atoms with Gasteiger partial charge in [0.05, 0.1) is 12.7 Å². The number of piperazine rings is 1. The van der Waals surface area contributed by atoms with Crippen LogP contribution in [0.4, 0.5) is 4.79 Å². The molecule has 9 heteroatoms. The second kappa shape index (κ2) is 9.50. The van der Waals surface area contributed by atoms with E-state index in [1.807, 2.05) is 56.0 Å². The van der Waals surface area contributed by atoms with Crippen molar-refractivity contribution in [3.63, 3.8) is 0 Å². The van der Waals surface area contributed by atoms with Gasteiger partial charge in [0.2, 0.25) is 5.75 Å². The fraction of sp³-hybridized carbons (Fsp3) is 0.385. The third-order valence-electron chi connectivity index (χ3n) is 5.84. The highest BCUT2D eigenvalue weighted by molar-refractivity contribution is 5.92. The van der Waals surface area contributed by atoms with E-state index in [1.165, 1.54) is 13.2 Å². The maximum Gasteiger partial charge on any atom is 0.410 e. The molecule has 0 aliphatic carbocycles. The molecule has 186 valence electrons. The van der Waals surface area contributed by atoms with E-state index in [1.54, 1.807) is 4.90 Å². The summed E-state index contributed by atoms with van der Waals surface area (Å²) in [5.41, 5.74) is 0.0993. The molecule has 0 saturated carbocycles. The summed E-state index contributed by atoms with van der Waals surface area (Å²) in [5, 5.41) is 21.6. The average Bonchev–Trinajstić information content (AvgIpc) is 2.81. The van der Waals surface area contributed by atoms with E-state index in [-0.39, 0.29) is 35.1 Å². The number of fused-ring (bicyclic) bond motifs is 1. The first-order chi connectivity index (χ1) is 16.6. The number of benzene rings is 2. The standard InChI is InChI=1S/C26H30N2O7/c1-26(2,3)35-25(32)28-12-10-27(11-13-28)15-17-21(30)24(33-4)22(31)20-18(29)14-19(34-23(17)20)16-8-6-5-7-9-16/h5-9,14,30-31H,10-13,15H2,1-4H3. The van der Waals surface area contributed by atoms with Crippen molar-refractivity contribution in [3.8, 4) is 28.6 Å². The van der Waals surface area contributed by atoms with Gasteiger partial charge in [-0.3, -0.25) is 9.69 Å². The molecular formula is C26H30N2O7. The summed E-state index contributed by atoms with van der Waals surface area (Å²) < 4.78 is 16.8. The zero-order valence-electron chi connectivity index (χ0n) is 20.3. The molecule has 0 radical (unpaired) electrons. The lowest BCUT2D eigenvalue weighted by atomic mass is 10.0. The molecule has 4 rings (SSSR count). The molecule has 1 aliphatic heterocycles. The highest BCUT2D eigenvalue weighted by atomic mass is 16.6. The molecule has 9 nitrogen and oxygen atoms in total. The van der Waals surface area contributed by atoms with Gasteiger partial charge in [-0.25, -0.2) is 4.79 Å². The zero-order chi connectivity index (χ0) is 25.3. The van der Waals surface area contributed by atoms with E-state index >= 15 is 0 Å². The van der Waals surface area contributed by atoms with Crippen LogP contribution in [0, 0.1) is 0 Å². The van der Waals surface area contributed by atoms with Gasteiger partial charge in [0, 0.05) is 44.4 Å². The Morgan fingerprint density at radius 2 is 1.71 bits per heavy atom. The Balaban J connectivity index is 1.68. The van der Waals surface area contributed by atoms with E-state index in [4.69, 9.17) is 13.9 Å². The summed E-state index contributed by atoms with van der Waals surface area (Å²) in [6, 6.07) is 10.4. The van der Waals surface area contributed by atoms with Crippen molar-refractivity contribution in [1.82, 2.24) is 9.80 Å². The molecule has 2 N–H and O–H groups in total. The molecule has 0 atom stereocenters. The number of phenolic OH excluding ortho intramolecular Hbond substituents is 2. The van der Waals surface area contributed by atoms with Crippen LogP contribution in [0.15, 0.2) is 45.6 Å². The van der Waals surface area contributed by atoms with Crippen LogP contribution in [0.3, 0.4) is 0 Å². The van der Waals surface area contributed by atoms with Crippen LogP contribution in [0.2, 0.25) is 0 Å². The van der Waals surface area contributed by atoms with Gasteiger partial charge in [0.1, 0.15) is 16.7 Å². The van der Waals surface area contributed by atoms with E-state index in [9.17, 15) is 19.8 Å². The van der Waals surface area contributed by atoms with Gasteiger partial charge in [-0.2, -0.15) is 0 Å². The first-order valence-electron chi connectivity index (χ1n) is 11.4. The highest BCUT2D eigenvalue weighted by Gasteiger charge is 2.29. The smallest absolute Gasteiger partial charge is 0.410 e. The van der Waals surface area contributed by atoms with E-state index in [0.29, 0.717) is 43.1 Å². The fourth-order valence-electron chi connectivity index (χ4n) is 4.12. The Labute approximate surface area is 203 Å². The van der Waals surface area contributed by atoms with Crippen LogP contribution in [-0.2, 0) is 11.3 Å². The number of methoxy groups -OCH3 is 1. The number of nitrogens with zero attached hydrogens (tertiary/aromatic N) is 2. The van der Waals surface area contributed by atoms with Crippen LogP contribution in [0.25, 0.3) is 22.3 Å². The number of carbonyl (C=O) groups is 1. The largest absolute Gasteiger partial charge is 0.504 e. The third-order valence-corrected chi connectivity index (χ3v) is 5.84. The van der Waals surface area contributed by atoms with E-state index < -0.39 is 16.8 Å². The number of aromatic hydroxyl groups is 2. The van der Waals surface area contributed by atoms with Crippen molar-refractivity contribution in [1.29, 1.82) is 0 Å². The summed E-state index contributed by atoms with van der Waals surface area (Å²) in [6.07, 6.45) is -0.366. The minimum atomic E-state index is -0.574. The van der Waals surface area contributed by atoms with Crippen LogP contribution < -0.4 is 10.2 Å². The molecule has 1 amide bonds. The van der Waals surface area contributed by atoms with Gasteiger partial charge in [0.15, 0.2) is 22.5 Å². The normalized spacial score (nSPS) is 14.8. The Morgan fingerprint density at radius 1 is 1.06 bits per heavy atom. The number of phenols is 2. The highest BCUT2D eigenvalue weighted by Crippen LogP contribution is 2.45. The molecule has 1 aromatic heterocycles. The minimum absolute atomic E-state index is 0.0540. The van der Waals surface area contributed by atoms with Crippen LogP contribution in [0.5, 0.6) is 17.2 Å². The predicted octanol–water partition coefficient (Wildman–Crippen LogP) is 3.93. The van der Waals surface area contributed by atoms with Crippen LogP contribution in [-0.4, -0.2) is 65.0 Å². The van der Waals surface area contributed by atoms with Gasteiger partial charge in [0.25, 0.3) is 0 Å². The third kappa shape index (κ3) is 5.05. The number of carbonyl (C=O) groups excluding carboxylic acids is 1. The Kier molecular flexibility index (Phi) is 6.62. The van der Waals surface area contributed by atoms with Gasteiger partial charge in [-0.1, -0.05) is 30.3 Å². The molecule has 0 spiro atoms. The Bertz CT molecular complexity index is 1290. The quantitative estimate of drug-likeness (QED) is 0.575. The number of hydrogen-bond acceptors (Lipinski definition) is 8. The van der Waals surface area contributed by atoms with Crippen molar-refractivity contribution in [2.24, 2.45) is 0 Å². The summed E-state index contributed by atoms with van der Waals surface area (Å²) in [7, 11) is 1.31. The van der Waals surface area contributed by atoms with Crippen LogP contribution >= 0.6 is 0 Å². The van der Waals surface area contributed by atoms with Crippen molar-refractivity contribution in [3.05, 3.63) is 52.2 Å². The monoisotopic (exact) mass is 482 g/mol. The molecule has 0 bridgehead atoms. The summed E-state index contributed by atoms with van der Waals surface area (Å²) >= 11 is 0. The first kappa shape index (κ1) is 24.4. The maximum atomic E-state index is 13.0. The molecule has 3 aromatic rings. The molecule has 1 aliphatic rings. The Morgan fingerprint density at radius 3 is 2.31 bits per heavy atom. The number of amides is 1. The zero-order valence-corrected chi connectivity index (χ0v) is 20.3. The second-order valence-electron chi connectivity index (χ2n) is 9.50. The molecule has 2 aromatic carbocycles. The first-order valence-corrected chi connectivity index (χ1v) is 11.4. The topological polar surface area (TPSA) is 113 Å². The lowest BCUT2D eigenvalue weighted by Gasteiger charge is -2.35. The molecule has 1 fully saturated rings. The molecule has 1 saturated heterocycles. The lowest BCUT2D eigenvalue weighted by Crippen LogP contribution is -2.49. The van der Waals surface area contributed by atoms with Crippen molar-refractivity contribution in [2.75, 3.05) is 33.3 Å². The number of rotatable bonds is 4. The molecule has 0 unspecified atom stereocenters. The SMILES string of the molecule is COc1c(O)c(CN2CCN(C(=O)OC(C)(C)C)CC2)c2oc(-c3ccccc3)cc(=O)c2c1O. The maximum absolute atomic E-state index is 13.0. The predicted molar refractivity (Wildman–Crippen MR) is 131 cm³/mol. The van der Waals surface area contributed by atoms with Gasteiger partial charge in [-0.15, -0.1) is 0 Å². The lowest BCUT2D eigenvalue weighted by molar-refractivity contribution is 0.0138. The number of ether oxygens (including phenoxy) is 2. The van der Waals surface area contributed by atoms with Gasteiger partial charge < -0.3 is 29.0 Å². The molecule has 2 heterocycles. The Hall–Kier alpha value is -3.72. The summed E-state index contributed by atoms with van der Waals surface area (Å²) in [4.78, 5) is 29.1. The minimum Gasteiger partial charge on any atom is -0.504 e.